The first-order valence-corrected chi connectivity index (χ1v) is 4.83. The lowest BCUT2D eigenvalue weighted by atomic mass is 10.1. The van der Waals surface area contributed by atoms with E-state index in [4.69, 9.17) is 0 Å². The first kappa shape index (κ1) is 8.51. The first-order valence-electron chi connectivity index (χ1n) is 4.03. The SMILES string of the molecule is Cc1cc(-c2cccc(Br)c2)[nH]n1. The van der Waals surface area contributed by atoms with Crippen LogP contribution in [-0.2, 0) is 0 Å². The molecule has 0 unspecified atom stereocenters. The molecule has 0 saturated carbocycles. The van der Waals surface area contributed by atoms with E-state index in [0.29, 0.717) is 0 Å². The maximum absolute atomic E-state index is 4.08. The van der Waals surface area contributed by atoms with E-state index in [1.165, 1.54) is 0 Å². The Kier molecular flexibility index (Phi) is 2.19. The van der Waals surface area contributed by atoms with Crippen LogP contribution >= 0.6 is 15.9 Å². The van der Waals surface area contributed by atoms with Gasteiger partial charge in [0.05, 0.1) is 11.4 Å². The molecule has 0 radical (unpaired) electrons. The molecular weight excluding hydrogens is 228 g/mol. The van der Waals surface area contributed by atoms with Gasteiger partial charge in [-0.3, -0.25) is 5.10 Å². The fourth-order valence-electron chi connectivity index (χ4n) is 1.23. The number of nitrogens with one attached hydrogen (secondary N) is 1. The largest absolute Gasteiger partial charge is 0.278 e. The summed E-state index contributed by atoms with van der Waals surface area (Å²) in [5.41, 5.74) is 3.21. The molecule has 2 rings (SSSR count). The summed E-state index contributed by atoms with van der Waals surface area (Å²) in [5, 5.41) is 7.06. The van der Waals surface area contributed by atoms with Gasteiger partial charge in [-0.1, -0.05) is 28.1 Å². The molecule has 13 heavy (non-hydrogen) atoms. The van der Waals surface area contributed by atoms with Crippen LogP contribution in [0.15, 0.2) is 34.8 Å². The molecule has 0 atom stereocenters. The summed E-state index contributed by atoms with van der Waals surface area (Å²) in [6.07, 6.45) is 0. The predicted octanol–water partition coefficient (Wildman–Crippen LogP) is 3.15. The van der Waals surface area contributed by atoms with Crippen LogP contribution in [0.1, 0.15) is 5.69 Å². The Labute approximate surface area is 85.1 Å². The van der Waals surface area contributed by atoms with E-state index in [1.807, 2.05) is 25.1 Å². The van der Waals surface area contributed by atoms with Gasteiger partial charge in [0.25, 0.3) is 0 Å². The summed E-state index contributed by atoms with van der Waals surface area (Å²) in [6, 6.07) is 10.2. The normalized spacial score (nSPS) is 10.3. The predicted molar refractivity (Wildman–Crippen MR) is 56.5 cm³/mol. The lowest BCUT2D eigenvalue weighted by Crippen LogP contribution is -1.76. The lowest BCUT2D eigenvalue weighted by molar-refractivity contribution is 1.05. The number of hydrogen-bond acceptors (Lipinski definition) is 1. The van der Waals surface area contributed by atoms with Gasteiger partial charge >= 0.3 is 0 Å². The van der Waals surface area contributed by atoms with Crippen LogP contribution in [0.5, 0.6) is 0 Å². The molecule has 2 nitrogen and oxygen atoms in total. The second kappa shape index (κ2) is 3.34. The number of rotatable bonds is 1. The summed E-state index contributed by atoms with van der Waals surface area (Å²) in [4.78, 5) is 0. The van der Waals surface area contributed by atoms with Crippen molar-refractivity contribution in [3.8, 4) is 11.3 Å². The van der Waals surface area contributed by atoms with Crippen LogP contribution in [0.4, 0.5) is 0 Å². The van der Waals surface area contributed by atoms with Gasteiger partial charge in [-0.15, -0.1) is 0 Å². The maximum atomic E-state index is 4.08. The van der Waals surface area contributed by atoms with Crippen molar-refractivity contribution in [2.24, 2.45) is 0 Å². The highest BCUT2D eigenvalue weighted by Gasteiger charge is 2.00. The van der Waals surface area contributed by atoms with E-state index in [-0.39, 0.29) is 0 Å². The zero-order valence-corrected chi connectivity index (χ0v) is 8.80. The smallest absolute Gasteiger partial charge is 0.0653 e. The summed E-state index contributed by atoms with van der Waals surface area (Å²) in [6.45, 7) is 1.97. The summed E-state index contributed by atoms with van der Waals surface area (Å²) >= 11 is 3.43. The number of benzene rings is 1. The van der Waals surface area contributed by atoms with E-state index >= 15 is 0 Å². The van der Waals surface area contributed by atoms with Crippen LogP contribution in [-0.4, -0.2) is 10.2 Å². The Bertz CT molecular complexity index is 420. The number of aromatic amines is 1. The standard InChI is InChI=1S/C10H9BrN2/c1-7-5-10(13-12-7)8-3-2-4-9(11)6-8/h2-6H,1H3,(H,12,13). The van der Waals surface area contributed by atoms with E-state index in [1.54, 1.807) is 0 Å². The fraction of sp³-hybridized carbons (Fsp3) is 0.100. The van der Waals surface area contributed by atoms with E-state index in [0.717, 1.165) is 21.4 Å². The molecule has 1 heterocycles. The first-order chi connectivity index (χ1) is 6.25. The van der Waals surface area contributed by atoms with Gasteiger partial charge < -0.3 is 0 Å². The van der Waals surface area contributed by atoms with Crippen molar-refractivity contribution in [2.45, 2.75) is 6.92 Å². The lowest BCUT2D eigenvalue weighted by Gasteiger charge is -1.96. The zero-order valence-electron chi connectivity index (χ0n) is 7.21. The second-order valence-corrected chi connectivity index (χ2v) is 3.85. The van der Waals surface area contributed by atoms with Crippen LogP contribution in [0.25, 0.3) is 11.3 Å². The Hall–Kier alpha value is -1.09. The van der Waals surface area contributed by atoms with E-state index < -0.39 is 0 Å². The molecule has 0 spiro atoms. The van der Waals surface area contributed by atoms with E-state index in [2.05, 4.69) is 38.3 Å². The van der Waals surface area contributed by atoms with Crippen molar-refractivity contribution in [3.63, 3.8) is 0 Å². The molecule has 0 aliphatic heterocycles. The molecule has 1 aromatic heterocycles. The number of aryl methyl sites for hydroxylation is 1. The van der Waals surface area contributed by atoms with E-state index in [9.17, 15) is 0 Å². The van der Waals surface area contributed by atoms with Crippen LogP contribution in [0, 0.1) is 6.92 Å². The van der Waals surface area contributed by atoms with Crippen molar-refractivity contribution in [1.29, 1.82) is 0 Å². The number of hydrogen-bond donors (Lipinski definition) is 1. The third-order valence-electron chi connectivity index (χ3n) is 1.84. The zero-order chi connectivity index (χ0) is 9.26. The fourth-order valence-corrected chi connectivity index (χ4v) is 1.62. The molecule has 2 aromatic rings. The van der Waals surface area contributed by atoms with Crippen LogP contribution < -0.4 is 0 Å². The highest BCUT2D eigenvalue weighted by molar-refractivity contribution is 9.10. The van der Waals surface area contributed by atoms with Gasteiger partial charge in [-0.2, -0.15) is 5.10 Å². The molecule has 1 N–H and O–H groups in total. The highest BCUT2D eigenvalue weighted by atomic mass is 79.9. The highest BCUT2D eigenvalue weighted by Crippen LogP contribution is 2.21. The van der Waals surface area contributed by atoms with Crippen molar-refractivity contribution < 1.29 is 0 Å². The molecule has 0 aliphatic carbocycles. The maximum Gasteiger partial charge on any atom is 0.0653 e. The van der Waals surface area contributed by atoms with Gasteiger partial charge in [0.15, 0.2) is 0 Å². The summed E-state index contributed by atoms with van der Waals surface area (Å²) < 4.78 is 1.08. The van der Waals surface area contributed by atoms with Crippen molar-refractivity contribution in [2.75, 3.05) is 0 Å². The third-order valence-corrected chi connectivity index (χ3v) is 2.33. The minimum Gasteiger partial charge on any atom is -0.278 e. The van der Waals surface area contributed by atoms with Crippen LogP contribution in [0.3, 0.4) is 0 Å². The molecule has 0 bridgehead atoms. The van der Waals surface area contributed by atoms with Crippen molar-refractivity contribution in [1.82, 2.24) is 10.2 Å². The Morgan fingerprint density at radius 3 is 2.77 bits per heavy atom. The molecule has 0 saturated heterocycles. The number of nitrogens with zero attached hydrogens (tertiary/aromatic N) is 1. The second-order valence-electron chi connectivity index (χ2n) is 2.93. The molecule has 66 valence electrons. The Morgan fingerprint density at radius 2 is 2.15 bits per heavy atom. The molecular formula is C10H9BrN2. The van der Waals surface area contributed by atoms with Gasteiger partial charge in [0.1, 0.15) is 0 Å². The van der Waals surface area contributed by atoms with Gasteiger partial charge in [-0.25, -0.2) is 0 Å². The monoisotopic (exact) mass is 236 g/mol. The average Bonchev–Trinajstić information content (AvgIpc) is 2.52. The quantitative estimate of drug-likeness (QED) is 0.810. The molecule has 0 aliphatic rings. The molecule has 0 fully saturated rings. The van der Waals surface area contributed by atoms with Gasteiger partial charge in [0.2, 0.25) is 0 Å². The molecule has 0 amide bonds. The average molecular weight is 237 g/mol. The summed E-state index contributed by atoms with van der Waals surface area (Å²) in [5.74, 6) is 0. The molecule has 1 aromatic carbocycles. The van der Waals surface area contributed by atoms with Crippen LogP contribution in [0.2, 0.25) is 0 Å². The Morgan fingerprint density at radius 1 is 1.31 bits per heavy atom. The Balaban J connectivity index is 2.46. The topological polar surface area (TPSA) is 28.7 Å². The minimum atomic E-state index is 1.01. The number of H-pyrrole nitrogens is 1. The van der Waals surface area contributed by atoms with Gasteiger partial charge in [-0.05, 0) is 25.1 Å². The minimum absolute atomic E-state index is 1.01. The number of halogens is 1. The van der Waals surface area contributed by atoms with Crippen molar-refractivity contribution in [3.05, 3.63) is 40.5 Å². The summed E-state index contributed by atoms with van der Waals surface area (Å²) in [7, 11) is 0. The van der Waals surface area contributed by atoms with Crippen molar-refractivity contribution >= 4 is 15.9 Å². The van der Waals surface area contributed by atoms with Gasteiger partial charge in [0, 0.05) is 10.0 Å². The third kappa shape index (κ3) is 1.80. The number of aromatic nitrogens is 2. The molecule has 3 heteroatoms.